The van der Waals surface area contributed by atoms with Gasteiger partial charge < -0.3 is 0 Å². The van der Waals surface area contributed by atoms with Crippen LogP contribution in [0.15, 0.2) is 12.2 Å². The third-order valence-electron chi connectivity index (χ3n) is 2.08. The fourth-order valence-corrected chi connectivity index (χ4v) is 1.02. The molecule has 0 bridgehead atoms. The second-order valence-corrected chi connectivity index (χ2v) is 2.63. The Kier molecular flexibility index (Phi) is 0.949. The van der Waals surface area contributed by atoms with Crippen molar-refractivity contribution in [3.8, 4) is 0 Å². The van der Waals surface area contributed by atoms with Gasteiger partial charge in [-0.05, 0) is 18.3 Å². The van der Waals surface area contributed by atoms with Crippen LogP contribution in [0.4, 0.5) is 0 Å². The van der Waals surface area contributed by atoms with E-state index in [1.54, 1.807) is 0 Å². The number of hydrogen-bond acceptors (Lipinski definition) is 0. The van der Waals surface area contributed by atoms with Crippen molar-refractivity contribution >= 4 is 0 Å². The van der Waals surface area contributed by atoms with Gasteiger partial charge in [0.1, 0.15) is 0 Å². The normalized spacial score (nSPS) is 40.6. The van der Waals surface area contributed by atoms with Gasteiger partial charge in [-0.25, -0.2) is 0 Å². The number of hydrogen-bond donors (Lipinski definition) is 0. The Bertz CT molecular complexity index is 92.2. The van der Waals surface area contributed by atoms with Crippen LogP contribution in [0, 0.1) is 11.8 Å². The molecule has 1 saturated carbocycles. The second kappa shape index (κ2) is 1.36. The number of allylic oxidation sites excluding steroid dienone is 1. The van der Waals surface area contributed by atoms with E-state index in [1.807, 2.05) is 0 Å². The van der Waals surface area contributed by atoms with Crippen LogP contribution in [0.1, 0.15) is 20.3 Å². The molecule has 1 fully saturated rings. The summed E-state index contributed by atoms with van der Waals surface area (Å²) < 4.78 is 0. The molecule has 2 unspecified atom stereocenters. The Labute approximate surface area is 45.2 Å². The van der Waals surface area contributed by atoms with Crippen LogP contribution in [0.25, 0.3) is 0 Å². The van der Waals surface area contributed by atoms with Gasteiger partial charge in [0.15, 0.2) is 0 Å². The zero-order chi connectivity index (χ0) is 5.44. The van der Waals surface area contributed by atoms with E-state index in [4.69, 9.17) is 0 Å². The summed E-state index contributed by atoms with van der Waals surface area (Å²) in [6, 6.07) is 0. The molecule has 0 spiro atoms. The third kappa shape index (κ3) is 0.583. The molecular formula is C7H12. The topological polar surface area (TPSA) is 0 Å². The summed E-state index contributed by atoms with van der Waals surface area (Å²) in [6.45, 7) is 8.42. The predicted molar refractivity (Wildman–Crippen MR) is 32.1 cm³/mol. The molecule has 7 heavy (non-hydrogen) atoms. The highest BCUT2D eigenvalue weighted by Gasteiger charge is 2.25. The first-order valence-electron chi connectivity index (χ1n) is 2.89. The SMILES string of the molecule is C=C1CC(C)C1C. The van der Waals surface area contributed by atoms with Crippen LogP contribution < -0.4 is 0 Å². The lowest BCUT2D eigenvalue weighted by Crippen LogP contribution is -2.22. The van der Waals surface area contributed by atoms with Crippen LogP contribution in [0.3, 0.4) is 0 Å². The van der Waals surface area contributed by atoms with Gasteiger partial charge >= 0.3 is 0 Å². The van der Waals surface area contributed by atoms with Crippen LogP contribution in [-0.4, -0.2) is 0 Å². The molecule has 0 amide bonds. The van der Waals surface area contributed by atoms with Crippen LogP contribution >= 0.6 is 0 Å². The van der Waals surface area contributed by atoms with Gasteiger partial charge in [0, 0.05) is 0 Å². The first kappa shape index (κ1) is 4.89. The molecule has 0 radical (unpaired) electrons. The zero-order valence-electron chi connectivity index (χ0n) is 5.07. The van der Waals surface area contributed by atoms with Crippen molar-refractivity contribution < 1.29 is 0 Å². The Morgan fingerprint density at radius 1 is 1.57 bits per heavy atom. The molecular weight excluding hydrogens is 84.1 g/mol. The average Bonchev–Trinajstić information content (AvgIpc) is 1.68. The molecule has 1 rings (SSSR count). The molecule has 0 nitrogen and oxygen atoms in total. The number of rotatable bonds is 0. The molecule has 0 heteroatoms. The highest BCUT2D eigenvalue weighted by atomic mass is 14.3. The Morgan fingerprint density at radius 3 is 2.14 bits per heavy atom. The van der Waals surface area contributed by atoms with Crippen molar-refractivity contribution in [1.29, 1.82) is 0 Å². The van der Waals surface area contributed by atoms with Crippen LogP contribution in [-0.2, 0) is 0 Å². The highest BCUT2D eigenvalue weighted by Crippen LogP contribution is 2.37. The molecule has 0 aliphatic heterocycles. The largest absolute Gasteiger partial charge is 0.0996 e. The molecule has 0 heterocycles. The first-order chi connectivity index (χ1) is 3.22. The smallest absolute Gasteiger partial charge is 0.0205 e. The van der Waals surface area contributed by atoms with E-state index in [0.29, 0.717) is 0 Å². The summed E-state index contributed by atoms with van der Waals surface area (Å²) in [4.78, 5) is 0. The molecule has 0 aromatic carbocycles. The summed E-state index contributed by atoms with van der Waals surface area (Å²) >= 11 is 0. The van der Waals surface area contributed by atoms with Crippen molar-refractivity contribution in [1.82, 2.24) is 0 Å². The van der Waals surface area contributed by atoms with Crippen LogP contribution in [0.2, 0.25) is 0 Å². The molecule has 1 aliphatic rings. The first-order valence-corrected chi connectivity index (χ1v) is 2.89. The summed E-state index contributed by atoms with van der Waals surface area (Å²) in [5.74, 6) is 1.72. The molecule has 40 valence electrons. The predicted octanol–water partition coefficient (Wildman–Crippen LogP) is 2.22. The maximum atomic E-state index is 3.89. The van der Waals surface area contributed by atoms with E-state index in [0.717, 1.165) is 11.8 Å². The van der Waals surface area contributed by atoms with Crippen LogP contribution in [0.5, 0.6) is 0 Å². The van der Waals surface area contributed by atoms with Gasteiger partial charge in [-0.3, -0.25) is 0 Å². The van der Waals surface area contributed by atoms with E-state index in [1.165, 1.54) is 12.0 Å². The Morgan fingerprint density at radius 2 is 2.14 bits per heavy atom. The van der Waals surface area contributed by atoms with Gasteiger partial charge in [0.25, 0.3) is 0 Å². The molecule has 2 atom stereocenters. The lowest BCUT2D eigenvalue weighted by atomic mass is 9.72. The van der Waals surface area contributed by atoms with Crippen molar-refractivity contribution in [3.63, 3.8) is 0 Å². The summed E-state index contributed by atoms with van der Waals surface area (Å²) in [5.41, 5.74) is 1.44. The van der Waals surface area contributed by atoms with Gasteiger partial charge in [-0.1, -0.05) is 26.0 Å². The van der Waals surface area contributed by atoms with Gasteiger partial charge in [0.05, 0.1) is 0 Å². The lowest BCUT2D eigenvalue weighted by molar-refractivity contribution is 0.328. The highest BCUT2D eigenvalue weighted by molar-refractivity contribution is 5.11. The summed E-state index contributed by atoms with van der Waals surface area (Å²) in [7, 11) is 0. The molecule has 1 aliphatic carbocycles. The van der Waals surface area contributed by atoms with E-state index in [-0.39, 0.29) is 0 Å². The minimum atomic E-state index is 0.806. The monoisotopic (exact) mass is 96.1 g/mol. The van der Waals surface area contributed by atoms with Crippen molar-refractivity contribution in [2.24, 2.45) is 11.8 Å². The fraction of sp³-hybridized carbons (Fsp3) is 0.714. The summed E-state index contributed by atoms with van der Waals surface area (Å²) in [6.07, 6.45) is 1.27. The molecule has 0 aromatic heterocycles. The van der Waals surface area contributed by atoms with Gasteiger partial charge in [-0.15, -0.1) is 0 Å². The van der Waals surface area contributed by atoms with E-state index in [2.05, 4.69) is 20.4 Å². The van der Waals surface area contributed by atoms with Gasteiger partial charge in [-0.2, -0.15) is 0 Å². The lowest BCUT2D eigenvalue weighted by Gasteiger charge is -2.33. The quantitative estimate of drug-likeness (QED) is 0.406. The second-order valence-electron chi connectivity index (χ2n) is 2.63. The minimum Gasteiger partial charge on any atom is -0.0996 e. The Hall–Kier alpha value is -0.260. The van der Waals surface area contributed by atoms with E-state index in [9.17, 15) is 0 Å². The molecule has 0 saturated heterocycles. The summed E-state index contributed by atoms with van der Waals surface area (Å²) in [5, 5.41) is 0. The van der Waals surface area contributed by atoms with Crippen molar-refractivity contribution in [2.75, 3.05) is 0 Å². The Balaban J connectivity index is 2.43. The maximum absolute atomic E-state index is 3.89. The minimum absolute atomic E-state index is 0.806. The van der Waals surface area contributed by atoms with Crippen molar-refractivity contribution in [3.05, 3.63) is 12.2 Å². The van der Waals surface area contributed by atoms with E-state index < -0.39 is 0 Å². The fourth-order valence-electron chi connectivity index (χ4n) is 1.02. The zero-order valence-corrected chi connectivity index (χ0v) is 5.07. The molecule has 0 N–H and O–H groups in total. The standard InChI is InChI=1S/C7H12/c1-5-4-6(2)7(5)3/h6-7H,1,4H2,2-3H3. The maximum Gasteiger partial charge on any atom is -0.0205 e. The van der Waals surface area contributed by atoms with Gasteiger partial charge in [0.2, 0.25) is 0 Å². The van der Waals surface area contributed by atoms with Crippen molar-refractivity contribution in [2.45, 2.75) is 20.3 Å². The average molecular weight is 96.2 g/mol. The third-order valence-corrected chi connectivity index (χ3v) is 2.08. The molecule has 0 aromatic rings. The van der Waals surface area contributed by atoms with E-state index >= 15 is 0 Å².